The van der Waals surface area contributed by atoms with Crippen LogP contribution in [0.3, 0.4) is 0 Å². The number of nitrogens with zero attached hydrogens (tertiary/aromatic N) is 5. The summed E-state index contributed by atoms with van der Waals surface area (Å²) < 4.78 is 8.65. The molecule has 0 atom stereocenters. The van der Waals surface area contributed by atoms with Gasteiger partial charge in [0.05, 0.1) is 27.1 Å². The van der Waals surface area contributed by atoms with E-state index in [1.165, 1.54) is 0 Å². The van der Waals surface area contributed by atoms with E-state index in [0.717, 1.165) is 92.0 Å². The second kappa shape index (κ2) is 10.2. The van der Waals surface area contributed by atoms with Crippen LogP contribution in [0.1, 0.15) is 0 Å². The monoisotopic (exact) mass is 687 g/mol. The molecule has 0 spiro atoms. The molecule has 10 rings (SSSR count). The summed E-state index contributed by atoms with van der Waals surface area (Å²) in [5, 5.41) is 16.4. The van der Waals surface area contributed by atoms with Crippen LogP contribution < -0.4 is 4.90 Å². The lowest BCUT2D eigenvalue weighted by molar-refractivity contribution is 0.669. The molecule has 0 unspecified atom stereocenters. The van der Waals surface area contributed by atoms with Crippen LogP contribution in [0.2, 0.25) is 0 Å². The molecule has 0 saturated heterocycles. The highest BCUT2D eigenvalue weighted by molar-refractivity contribution is 9.10. The number of benzene rings is 7. The zero-order chi connectivity index (χ0) is 31.1. The number of fused-ring (bicyclic) bond motifs is 9. The number of hydrogen-bond acceptors (Lipinski definition) is 6. The summed E-state index contributed by atoms with van der Waals surface area (Å²) in [5.41, 5.74) is 10.2. The largest absolute Gasteiger partial charge is 0.456 e. The molecule has 7 aromatic carbocycles. The van der Waals surface area contributed by atoms with E-state index in [4.69, 9.17) is 14.6 Å². The van der Waals surface area contributed by atoms with Gasteiger partial charge in [-0.15, -0.1) is 21.5 Å². The van der Waals surface area contributed by atoms with Gasteiger partial charge in [0.1, 0.15) is 22.2 Å². The third-order valence-electron chi connectivity index (χ3n) is 8.85. The summed E-state index contributed by atoms with van der Waals surface area (Å²) in [7, 11) is 0. The van der Waals surface area contributed by atoms with Gasteiger partial charge in [-0.3, -0.25) is 0 Å². The van der Waals surface area contributed by atoms with Crippen molar-refractivity contribution in [1.82, 2.24) is 20.0 Å². The molecule has 0 aliphatic rings. The molecular weight excluding hydrogens is 666 g/mol. The number of hydrogen-bond donors (Lipinski definition) is 0. The fraction of sp³-hybridized carbons (Fsp3) is 0. The van der Waals surface area contributed by atoms with Crippen LogP contribution >= 0.6 is 27.3 Å². The molecule has 0 aliphatic heterocycles. The van der Waals surface area contributed by atoms with Crippen LogP contribution in [0.4, 0.5) is 17.1 Å². The minimum atomic E-state index is 0.812. The zero-order valence-electron chi connectivity index (χ0n) is 24.6. The maximum absolute atomic E-state index is 6.48. The molecule has 10 aromatic rings. The molecule has 0 saturated carbocycles. The van der Waals surface area contributed by atoms with Crippen molar-refractivity contribution in [2.45, 2.75) is 0 Å². The summed E-state index contributed by atoms with van der Waals surface area (Å²) in [6.07, 6.45) is 0. The van der Waals surface area contributed by atoms with Gasteiger partial charge in [0.25, 0.3) is 0 Å². The molecule has 0 radical (unpaired) electrons. The number of halogens is 1. The molecule has 3 aromatic heterocycles. The highest BCUT2D eigenvalue weighted by Crippen LogP contribution is 2.45. The highest BCUT2D eigenvalue weighted by atomic mass is 79.9. The van der Waals surface area contributed by atoms with Crippen LogP contribution in [0.25, 0.3) is 70.4 Å². The molecule has 6 nitrogen and oxygen atoms in total. The third kappa shape index (κ3) is 4.12. The summed E-state index contributed by atoms with van der Waals surface area (Å²) in [5.74, 6) is 0. The molecule has 0 N–H and O–H groups in total. The van der Waals surface area contributed by atoms with E-state index in [0.29, 0.717) is 0 Å². The Bertz CT molecular complexity index is 2840. The summed E-state index contributed by atoms with van der Waals surface area (Å²) >= 11 is 5.42. The van der Waals surface area contributed by atoms with E-state index in [1.54, 1.807) is 16.1 Å². The zero-order valence-corrected chi connectivity index (χ0v) is 27.0. The van der Waals surface area contributed by atoms with Gasteiger partial charge in [0.15, 0.2) is 0 Å². The number of aromatic nitrogens is 4. The van der Waals surface area contributed by atoms with Gasteiger partial charge >= 0.3 is 0 Å². The van der Waals surface area contributed by atoms with E-state index in [2.05, 4.69) is 117 Å². The smallest absolute Gasteiger partial charge is 0.137 e. The average Bonchev–Trinajstić information content (AvgIpc) is 3.85. The number of rotatable bonds is 4. The first kappa shape index (κ1) is 26.6. The maximum Gasteiger partial charge on any atom is 0.137 e. The lowest BCUT2D eigenvalue weighted by atomic mass is 9.98. The standard InChI is InChI=1S/C39H22BrN5OS/c40-30-21-36-39(28-10-5-4-9-26(28)30)38-29-11-6-12-34(27(29)15-17-35(38)46-36)44(25-14-18-37-33(20-25)41-22-47-37)24-13-16-31-32(19-24)43-45(42-31)23-7-2-1-3-8-23/h1-22H. The van der Waals surface area contributed by atoms with Crippen molar-refractivity contribution in [2.75, 3.05) is 4.90 Å². The van der Waals surface area contributed by atoms with Gasteiger partial charge in [-0.25, -0.2) is 4.98 Å². The summed E-state index contributed by atoms with van der Waals surface area (Å²) in [6.45, 7) is 0. The van der Waals surface area contributed by atoms with E-state index < -0.39 is 0 Å². The second-order valence-corrected chi connectivity index (χ2v) is 13.3. The second-order valence-electron chi connectivity index (χ2n) is 11.5. The van der Waals surface area contributed by atoms with Gasteiger partial charge in [-0.1, -0.05) is 70.5 Å². The van der Waals surface area contributed by atoms with E-state index in [1.807, 2.05) is 41.9 Å². The van der Waals surface area contributed by atoms with Crippen molar-refractivity contribution in [1.29, 1.82) is 0 Å². The van der Waals surface area contributed by atoms with Crippen molar-refractivity contribution in [3.05, 3.63) is 137 Å². The van der Waals surface area contributed by atoms with E-state index in [9.17, 15) is 0 Å². The maximum atomic E-state index is 6.48. The van der Waals surface area contributed by atoms with Crippen LogP contribution in [0.5, 0.6) is 0 Å². The van der Waals surface area contributed by atoms with E-state index >= 15 is 0 Å². The molecule has 0 aliphatic carbocycles. The molecule has 47 heavy (non-hydrogen) atoms. The third-order valence-corrected chi connectivity index (χ3v) is 10.3. The Morgan fingerprint density at radius 3 is 2.21 bits per heavy atom. The normalized spacial score (nSPS) is 11.9. The summed E-state index contributed by atoms with van der Waals surface area (Å²) in [4.78, 5) is 8.64. The van der Waals surface area contributed by atoms with Crippen LogP contribution in [0, 0.1) is 0 Å². The van der Waals surface area contributed by atoms with Crippen molar-refractivity contribution in [3.63, 3.8) is 0 Å². The fourth-order valence-electron chi connectivity index (χ4n) is 6.75. The van der Waals surface area contributed by atoms with E-state index in [-0.39, 0.29) is 0 Å². The van der Waals surface area contributed by atoms with Crippen molar-refractivity contribution >= 4 is 109 Å². The molecule has 0 bridgehead atoms. The lowest BCUT2D eigenvalue weighted by Gasteiger charge is -2.27. The Labute approximate surface area is 280 Å². The molecular formula is C39H22BrN5OS. The Balaban J connectivity index is 1.24. The number of furan rings is 1. The Hall–Kier alpha value is -5.57. The van der Waals surface area contributed by atoms with Crippen molar-refractivity contribution < 1.29 is 4.42 Å². The summed E-state index contributed by atoms with van der Waals surface area (Å²) in [6, 6.07) is 44.1. The minimum Gasteiger partial charge on any atom is -0.456 e. The van der Waals surface area contributed by atoms with Gasteiger partial charge in [0, 0.05) is 32.0 Å². The van der Waals surface area contributed by atoms with Crippen molar-refractivity contribution in [2.24, 2.45) is 0 Å². The van der Waals surface area contributed by atoms with Gasteiger partial charge in [-0.2, -0.15) is 4.80 Å². The molecule has 8 heteroatoms. The lowest BCUT2D eigenvalue weighted by Crippen LogP contribution is -2.10. The first-order valence-corrected chi connectivity index (χ1v) is 16.9. The number of anilines is 3. The first-order valence-electron chi connectivity index (χ1n) is 15.2. The fourth-order valence-corrected chi connectivity index (χ4v) is 7.97. The predicted molar refractivity (Wildman–Crippen MR) is 197 cm³/mol. The number of thiazole rings is 1. The topological polar surface area (TPSA) is 60.0 Å². The Morgan fingerprint density at radius 1 is 0.596 bits per heavy atom. The molecule has 222 valence electrons. The van der Waals surface area contributed by atoms with Crippen LogP contribution in [-0.4, -0.2) is 20.0 Å². The number of para-hydroxylation sites is 1. The predicted octanol–water partition coefficient (Wildman–Crippen LogP) is 11.5. The van der Waals surface area contributed by atoms with Crippen LogP contribution in [0.15, 0.2) is 142 Å². The highest BCUT2D eigenvalue weighted by Gasteiger charge is 2.21. The minimum absolute atomic E-state index is 0.812. The quantitative estimate of drug-likeness (QED) is 0.184. The molecule has 0 fully saturated rings. The van der Waals surface area contributed by atoms with Crippen LogP contribution in [-0.2, 0) is 0 Å². The first-order chi connectivity index (χ1) is 23.2. The van der Waals surface area contributed by atoms with Gasteiger partial charge < -0.3 is 9.32 Å². The Kier molecular flexibility index (Phi) is 5.79. The SMILES string of the molecule is Brc1cc2oc3ccc4c(N(c5ccc6nn(-c7ccccc7)nc6c5)c5ccc6scnc6c5)cccc4c3c2c2ccccc12. The van der Waals surface area contributed by atoms with Gasteiger partial charge in [0.2, 0.25) is 0 Å². The molecule has 0 amide bonds. The average molecular weight is 689 g/mol. The Morgan fingerprint density at radius 2 is 1.32 bits per heavy atom. The van der Waals surface area contributed by atoms with Gasteiger partial charge in [-0.05, 0) is 89.0 Å². The van der Waals surface area contributed by atoms with Crippen molar-refractivity contribution in [3.8, 4) is 5.69 Å². The molecule has 3 heterocycles.